The second kappa shape index (κ2) is 16.3. The van der Waals surface area contributed by atoms with Crippen molar-refractivity contribution in [2.24, 2.45) is 0 Å². The maximum atomic E-state index is 2.30. The van der Waals surface area contributed by atoms with Gasteiger partial charge < -0.3 is 0 Å². The third kappa shape index (κ3) is 12.9. The van der Waals surface area contributed by atoms with Crippen LogP contribution < -0.4 is 0 Å². The van der Waals surface area contributed by atoms with Crippen molar-refractivity contribution in [2.75, 3.05) is 6.16 Å². The second-order valence-electron chi connectivity index (χ2n) is 7.53. The van der Waals surface area contributed by atoms with Gasteiger partial charge in [0.2, 0.25) is 0 Å². The molecule has 0 amide bonds. The number of rotatable bonds is 12. The zero-order chi connectivity index (χ0) is 15.7. The highest BCUT2D eigenvalue weighted by atomic mass is 31.1. The summed E-state index contributed by atoms with van der Waals surface area (Å²) in [7, 11) is 1.28. The fraction of sp³-hybridized carbons (Fsp3) is 1.00. The minimum Gasteiger partial charge on any atom is -0.119 e. The van der Waals surface area contributed by atoms with Gasteiger partial charge in [0.25, 0.3) is 0 Å². The lowest BCUT2D eigenvalue weighted by molar-refractivity contribution is 0.562. The van der Waals surface area contributed by atoms with Gasteiger partial charge in [-0.15, -0.1) is 8.58 Å². The molecule has 1 saturated carbocycles. The lowest BCUT2D eigenvalue weighted by atomic mass is 10.1. The molecule has 0 nitrogen and oxygen atoms in total. The summed E-state index contributed by atoms with van der Waals surface area (Å²) in [5.74, 6) is 0. The second-order valence-corrected chi connectivity index (χ2v) is 9.26. The normalized spacial score (nSPS) is 18.4. The average Bonchev–Trinajstić information content (AvgIpc) is 2.66. The van der Waals surface area contributed by atoms with E-state index in [0.29, 0.717) is 0 Å². The third-order valence-electron chi connectivity index (χ3n) is 5.32. The molecule has 0 aromatic carbocycles. The maximum absolute atomic E-state index is 2.30. The Morgan fingerprint density at radius 3 is 1.59 bits per heavy atom. The predicted octanol–water partition coefficient (Wildman–Crippen LogP) is 8.09. The van der Waals surface area contributed by atoms with Crippen LogP contribution in [0.2, 0.25) is 0 Å². The van der Waals surface area contributed by atoms with Crippen LogP contribution in [0.5, 0.6) is 0 Å². The Labute approximate surface area is 143 Å². The summed E-state index contributed by atoms with van der Waals surface area (Å²) < 4.78 is 0. The van der Waals surface area contributed by atoms with Gasteiger partial charge in [0.15, 0.2) is 0 Å². The van der Waals surface area contributed by atoms with E-state index in [0.717, 1.165) is 5.66 Å². The molecule has 1 unspecified atom stereocenters. The van der Waals surface area contributed by atoms with E-state index in [1.54, 1.807) is 19.0 Å². The molecule has 132 valence electrons. The van der Waals surface area contributed by atoms with Crippen LogP contribution in [0.15, 0.2) is 0 Å². The number of hydrogen-bond acceptors (Lipinski definition) is 0. The Hall–Kier alpha value is 0.430. The first-order valence-corrected chi connectivity index (χ1v) is 12.0. The zero-order valence-electron chi connectivity index (χ0n) is 15.5. The third-order valence-corrected chi connectivity index (χ3v) is 7.12. The van der Waals surface area contributed by atoms with Crippen molar-refractivity contribution in [2.45, 2.75) is 128 Å². The van der Waals surface area contributed by atoms with E-state index in [-0.39, 0.29) is 0 Å². The van der Waals surface area contributed by atoms with Gasteiger partial charge in [-0.2, -0.15) is 0 Å². The van der Waals surface area contributed by atoms with Gasteiger partial charge in [-0.1, -0.05) is 103 Å². The minimum atomic E-state index is 1.11. The van der Waals surface area contributed by atoms with E-state index in [4.69, 9.17) is 0 Å². The van der Waals surface area contributed by atoms with Crippen LogP contribution >= 0.6 is 8.58 Å². The van der Waals surface area contributed by atoms with E-state index in [1.807, 2.05) is 0 Å². The van der Waals surface area contributed by atoms with Crippen molar-refractivity contribution < 1.29 is 0 Å². The van der Waals surface area contributed by atoms with Crippen molar-refractivity contribution in [3.8, 4) is 0 Å². The summed E-state index contributed by atoms with van der Waals surface area (Å²) in [6.45, 7) is 2.30. The van der Waals surface area contributed by atoms with Gasteiger partial charge in [-0.05, 0) is 31.1 Å². The molecule has 0 spiro atoms. The van der Waals surface area contributed by atoms with Gasteiger partial charge in [0, 0.05) is 0 Å². The maximum Gasteiger partial charge on any atom is -0.0237 e. The Bertz CT molecular complexity index is 204. The van der Waals surface area contributed by atoms with Crippen LogP contribution in [-0.4, -0.2) is 11.8 Å². The van der Waals surface area contributed by atoms with Gasteiger partial charge in [-0.3, -0.25) is 0 Å². The van der Waals surface area contributed by atoms with Crippen LogP contribution in [0.25, 0.3) is 0 Å². The fourth-order valence-corrected chi connectivity index (χ4v) is 5.43. The first-order valence-electron chi connectivity index (χ1n) is 10.7. The smallest absolute Gasteiger partial charge is 0.0237 e. The average molecular weight is 327 g/mol. The topological polar surface area (TPSA) is 0 Å². The Morgan fingerprint density at radius 2 is 1.05 bits per heavy atom. The van der Waals surface area contributed by atoms with Crippen LogP contribution in [0.3, 0.4) is 0 Å². The highest BCUT2D eigenvalue weighted by molar-refractivity contribution is 7.38. The molecular formula is C21H43P. The van der Waals surface area contributed by atoms with Crippen molar-refractivity contribution >= 4 is 8.58 Å². The monoisotopic (exact) mass is 326 g/mol. The summed E-state index contributed by atoms with van der Waals surface area (Å²) in [5.41, 5.74) is 1.11. The van der Waals surface area contributed by atoms with E-state index in [2.05, 4.69) is 6.92 Å². The van der Waals surface area contributed by atoms with Crippen molar-refractivity contribution in [1.29, 1.82) is 0 Å². The van der Waals surface area contributed by atoms with Crippen LogP contribution in [-0.2, 0) is 0 Å². The number of hydrogen-bond donors (Lipinski definition) is 0. The van der Waals surface area contributed by atoms with E-state index in [9.17, 15) is 0 Å². The van der Waals surface area contributed by atoms with E-state index < -0.39 is 0 Å². The summed E-state index contributed by atoms with van der Waals surface area (Å²) in [6.07, 6.45) is 28.5. The summed E-state index contributed by atoms with van der Waals surface area (Å²) >= 11 is 0. The molecule has 0 aromatic heterocycles. The SMILES string of the molecule is CCCCCCCCCCCCPC1CCCCCCCC1. The molecule has 0 aliphatic heterocycles. The van der Waals surface area contributed by atoms with E-state index in [1.165, 1.54) is 111 Å². The first kappa shape index (κ1) is 20.5. The predicted molar refractivity (Wildman–Crippen MR) is 106 cm³/mol. The molecule has 0 radical (unpaired) electrons. The van der Waals surface area contributed by atoms with Crippen LogP contribution in [0, 0.1) is 0 Å². The zero-order valence-corrected chi connectivity index (χ0v) is 16.5. The Balaban J connectivity index is 1.83. The molecule has 22 heavy (non-hydrogen) atoms. The molecule has 0 bridgehead atoms. The first-order chi connectivity index (χ1) is 10.9. The van der Waals surface area contributed by atoms with Gasteiger partial charge in [0.05, 0.1) is 0 Å². The fourth-order valence-electron chi connectivity index (χ4n) is 3.76. The Kier molecular flexibility index (Phi) is 15.2. The quantitative estimate of drug-likeness (QED) is 0.251. The summed E-state index contributed by atoms with van der Waals surface area (Å²) in [5, 5.41) is 0. The van der Waals surface area contributed by atoms with Gasteiger partial charge in [-0.25, -0.2) is 0 Å². The van der Waals surface area contributed by atoms with Crippen LogP contribution in [0.1, 0.15) is 122 Å². The molecule has 1 aliphatic carbocycles. The standard InChI is InChI=1S/C21H43P/c1-2-3-4-5-6-7-8-11-14-17-20-22-21-18-15-12-9-10-13-16-19-21/h21-22H,2-20H2,1H3. The highest BCUT2D eigenvalue weighted by Gasteiger charge is 2.09. The van der Waals surface area contributed by atoms with Crippen LogP contribution in [0.4, 0.5) is 0 Å². The molecule has 0 aromatic rings. The lowest BCUT2D eigenvalue weighted by Crippen LogP contribution is -2.01. The molecule has 1 aliphatic rings. The summed E-state index contributed by atoms with van der Waals surface area (Å²) in [6, 6.07) is 0. The minimum absolute atomic E-state index is 1.11. The van der Waals surface area contributed by atoms with Crippen molar-refractivity contribution in [3.05, 3.63) is 0 Å². The molecule has 1 heteroatoms. The molecule has 0 heterocycles. The van der Waals surface area contributed by atoms with E-state index >= 15 is 0 Å². The molecule has 0 saturated heterocycles. The molecule has 0 N–H and O–H groups in total. The molecular weight excluding hydrogens is 283 g/mol. The largest absolute Gasteiger partial charge is 0.119 e. The Morgan fingerprint density at radius 1 is 0.591 bits per heavy atom. The number of unbranched alkanes of at least 4 members (excludes halogenated alkanes) is 9. The summed E-state index contributed by atoms with van der Waals surface area (Å²) in [4.78, 5) is 0. The molecule has 1 atom stereocenters. The van der Waals surface area contributed by atoms with Gasteiger partial charge in [0.1, 0.15) is 0 Å². The molecule has 1 fully saturated rings. The van der Waals surface area contributed by atoms with Crippen molar-refractivity contribution in [3.63, 3.8) is 0 Å². The molecule has 1 rings (SSSR count). The lowest BCUT2D eigenvalue weighted by Gasteiger charge is -2.15. The van der Waals surface area contributed by atoms with Crippen molar-refractivity contribution in [1.82, 2.24) is 0 Å². The van der Waals surface area contributed by atoms with Gasteiger partial charge >= 0.3 is 0 Å². The highest BCUT2D eigenvalue weighted by Crippen LogP contribution is 2.31.